The Morgan fingerprint density at radius 3 is 2.75 bits per heavy atom. The summed E-state index contributed by atoms with van der Waals surface area (Å²) in [7, 11) is 1.65. The lowest BCUT2D eigenvalue weighted by Crippen LogP contribution is -2.01. The number of aryl methyl sites for hydroxylation is 2. The summed E-state index contributed by atoms with van der Waals surface area (Å²) in [6, 6.07) is 7.76. The van der Waals surface area contributed by atoms with Gasteiger partial charge >= 0.3 is 0 Å². The van der Waals surface area contributed by atoms with Crippen molar-refractivity contribution in [2.45, 2.75) is 19.8 Å². The van der Waals surface area contributed by atoms with Crippen LogP contribution in [0.25, 0.3) is 11.3 Å². The molecule has 5 heteroatoms. The molecule has 1 N–H and O–H groups in total. The molecule has 0 aliphatic carbocycles. The van der Waals surface area contributed by atoms with Crippen LogP contribution in [-0.2, 0) is 6.42 Å². The quantitative estimate of drug-likeness (QED) is 0.911. The van der Waals surface area contributed by atoms with Gasteiger partial charge in [-0.3, -0.25) is 0 Å². The third-order valence-electron chi connectivity index (χ3n) is 2.90. The summed E-state index contributed by atoms with van der Waals surface area (Å²) >= 11 is 3.47. The van der Waals surface area contributed by atoms with Crippen molar-refractivity contribution in [3.8, 4) is 17.0 Å². The Morgan fingerprint density at radius 1 is 1.25 bits per heavy atom. The number of ether oxygens (including phenoxy) is 1. The van der Waals surface area contributed by atoms with Crippen LogP contribution < -0.4 is 4.74 Å². The number of rotatable bonds is 5. The molecule has 0 saturated heterocycles. The molecule has 2 aromatic rings. The molecule has 106 valence electrons. The van der Waals surface area contributed by atoms with Crippen LogP contribution in [0.2, 0.25) is 0 Å². The molecule has 0 fully saturated rings. The number of methoxy groups -OCH3 is 1. The van der Waals surface area contributed by atoms with E-state index in [2.05, 4.69) is 25.9 Å². The lowest BCUT2D eigenvalue weighted by Gasteiger charge is -2.10. The maximum absolute atomic E-state index is 8.92. The van der Waals surface area contributed by atoms with Crippen LogP contribution >= 0.6 is 15.9 Å². The van der Waals surface area contributed by atoms with E-state index in [0.29, 0.717) is 12.8 Å². The number of hydrogen-bond donors (Lipinski definition) is 1. The Morgan fingerprint density at radius 2 is 2.05 bits per heavy atom. The SMILES string of the molecule is COc1ccc(Br)cc1-c1cc(C)nc(CCCO)n1. The van der Waals surface area contributed by atoms with E-state index in [-0.39, 0.29) is 6.61 Å². The van der Waals surface area contributed by atoms with E-state index in [9.17, 15) is 0 Å². The minimum atomic E-state index is 0.146. The second-order valence-corrected chi connectivity index (χ2v) is 5.40. The summed E-state index contributed by atoms with van der Waals surface area (Å²) in [5, 5.41) is 8.92. The van der Waals surface area contributed by atoms with Gasteiger partial charge in [-0.1, -0.05) is 15.9 Å². The monoisotopic (exact) mass is 336 g/mol. The van der Waals surface area contributed by atoms with E-state index in [0.717, 1.165) is 33.0 Å². The minimum Gasteiger partial charge on any atom is -0.496 e. The summed E-state index contributed by atoms with van der Waals surface area (Å²) in [5.74, 6) is 1.52. The van der Waals surface area contributed by atoms with Crippen molar-refractivity contribution >= 4 is 15.9 Å². The molecule has 0 radical (unpaired) electrons. The van der Waals surface area contributed by atoms with Gasteiger partial charge in [-0.15, -0.1) is 0 Å². The fourth-order valence-electron chi connectivity index (χ4n) is 2.00. The van der Waals surface area contributed by atoms with Crippen molar-refractivity contribution in [2.75, 3.05) is 13.7 Å². The molecule has 0 atom stereocenters. The first-order valence-electron chi connectivity index (χ1n) is 6.43. The second kappa shape index (κ2) is 6.81. The molecule has 0 unspecified atom stereocenters. The number of benzene rings is 1. The molecule has 1 aromatic carbocycles. The average Bonchev–Trinajstić information content (AvgIpc) is 2.44. The molecule has 2 rings (SSSR count). The molecule has 0 saturated carbocycles. The largest absolute Gasteiger partial charge is 0.496 e. The molecule has 0 aliphatic rings. The van der Waals surface area contributed by atoms with Crippen LogP contribution in [0.1, 0.15) is 17.9 Å². The molecule has 20 heavy (non-hydrogen) atoms. The number of aliphatic hydroxyl groups is 1. The van der Waals surface area contributed by atoms with Crippen LogP contribution in [0.5, 0.6) is 5.75 Å². The molecular weight excluding hydrogens is 320 g/mol. The smallest absolute Gasteiger partial charge is 0.129 e. The Hall–Kier alpha value is -1.46. The van der Waals surface area contributed by atoms with Gasteiger partial charge in [-0.05, 0) is 37.6 Å². The van der Waals surface area contributed by atoms with E-state index in [1.807, 2.05) is 31.2 Å². The summed E-state index contributed by atoms with van der Waals surface area (Å²) in [5.41, 5.74) is 2.67. The highest BCUT2D eigenvalue weighted by molar-refractivity contribution is 9.10. The van der Waals surface area contributed by atoms with Gasteiger partial charge in [0.05, 0.1) is 12.8 Å². The van der Waals surface area contributed by atoms with Crippen LogP contribution in [0.4, 0.5) is 0 Å². The number of hydrogen-bond acceptors (Lipinski definition) is 4. The van der Waals surface area contributed by atoms with Gasteiger partial charge in [0.1, 0.15) is 11.6 Å². The van der Waals surface area contributed by atoms with Crippen LogP contribution in [0.15, 0.2) is 28.7 Å². The first-order valence-corrected chi connectivity index (χ1v) is 7.22. The maximum Gasteiger partial charge on any atom is 0.129 e. The van der Waals surface area contributed by atoms with E-state index < -0.39 is 0 Å². The minimum absolute atomic E-state index is 0.146. The van der Waals surface area contributed by atoms with Crippen molar-refractivity contribution in [1.82, 2.24) is 9.97 Å². The predicted octanol–water partition coefficient (Wildman–Crippen LogP) is 3.15. The summed E-state index contributed by atoms with van der Waals surface area (Å²) in [4.78, 5) is 8.97. The topological polar surface area (TPSA) is 55.2 Å². The molecule has 0 aliphatic heterocycles. The van der Waals surface area contributed by atoms with Crippen molar-refractivity contribution in [1.29, 1.82) is 0 Å². The van der Waals surface area contributed by atoms with E-state index >= 15 is 0 Å². The number of aromatic nitrogens is 2. The van der Waals surface area contributed by atoms with Crippen LogP contribution in [0, 0.1) is 6.92 Å². The van der Waals surface area contributed by atoms with Gasteiger partial charge in [-0.25, -0.2) is 9.97 Å². The lowest BCUT2D eigenvalue weighted by atomic mass is 10.1. The molecule has 1 heterocycles. The van der Waals surface area contributed by atoms with Gasteiger partial charge in [0, 0.05) is 28.8 Å². The van der Waals surface area contributed by atoms with E-state index in [1.165, 1.54) is 0 Å². The lowest BCUT2D eigenvalue weighted by molar-refractivity contribution is 0.287. The standard InChI is InChI=1S/C15H17BrN2O2/c1-10-8-13(18-15(17-10)4-3-7-19)12-9-11(16)5-6-14(12)20-2/h5-6,8-9,19H,3-4,7H2,1-2H3. The number of aliphatic hydroxyl groups excluding tert-OH is 1. The van der Waals surface area contributed by atoms with Gasteiger partial charge in [0.25, 0.3) is 0 Å². The van der Waals surface area contributed by atoms with Gasteiger partial charge in [-0.2, -0.15) is 0 Å². The summed E-state index contributed by atoms with van der Waals surface area (Å²) in [6.07, 6.45) is 1.33. The summed E-state index contributed by atoms with van der Waals surface area (Å²) in [6.45, 7) is 2.09. The normalized spacial score (nSPS) is 10.6. The Balaban J connectivity index is 2.46. The molecule has 0 bridgehead atoms. The van der Waals surface area contributed by atoms with Gasteiger partial charge < -0.3 is 9.84 Å². The van der Waals surface area contributed by atoms with Crippen molar-refractivity contribution in [2.24, 2.45) is 0 Å². The first kappa shape index (κ1) is 14.9. The second-order valence-electron chi connectivity index (χ2n) is 4.48. The fourth-order valence-corrected chi connectivity index (χ4v) is 2.36. The molecule has 4 nitrogen and oxygen atoms in total. The number of nitrogens with zero attached hydrogens (tertiary/aromatic N) is 2. The Kier molecular flexibility index (Phi) is 5.09. The molecule has 0 amide bonds. The Bertz CT molecular complexity index is 602. The highest BCUT2D eigenvalue weighted by atomic mass is 79.9. The maximum atomic E-state index is 8.92. The highest BCUT2D eigenvalue weighted by Gasteiger charge is 2.10. The molecular formula is C15H17BrN2O2. The predicted molar refractivity (Wildman–Crippen MR) is 81.9 cm³/mol. The summed E-state index contributed by atoms with van der Waals surface area (Å²) < 4.78 is 6.37. The first-order chi connectivity index (χ1) is 9.63. The van der Waals surface area contributed by atoms with E-state index in [4.69, 9.17) is 9.84 Å². The van der Waals surface area contributed by atoms with E-state index in [1.54, 1.807) is 7.11 Å². The average molecular weight is 337 g/mol. The third kappa shape index (κ3) is 3.55. The highest BCUT2D eigenvalue weighted by Crippen LogP contribution is 2.31. The zero-order valence-electron chi connectivity index (χ0n) is 11.6. The van der Waals surface area contributed by atoms with Crippen molar-refractivity contribution in [3.05, 3.63) is 40.3 Å². The van der Waals surface area contributed by atoms with Crippen molar-refractivity contribution < 1.29 is 9.84 Å². The third-order valence-corrected chi connectivity index (χ3v) is 3.39. The van der Waals surface area contributed by atoms with Gasteiger partial charge in [0.2, 0.25) is 0 Å². The molecule has 0 spiro atoms. The molecule has 1 aromatic heterocycles. The zero-order chi connectivity index (χ0) is 14.5. The number of halogens is 1. The fraction of sp³-hybridized carbons (Fsp3) is 0.333. The Labute approximate surface area is 127 Å². The van der Waals surface area contributed by atoms with Crippen molar-refractivity contribution in [3.63, 3.8) is 0 Å². The van der Waals surface area contributed by atoms with Gasteiger partial charge in [0.15, 0.2) is 0 Å². The zero-order valence-corrected chi connectivity index (χ0v) is 13.1. The van der Waals surface area contributed by atoms with Crippen LogP contribution in [0.3, 0.4) is 0 Å². The van der Waals surface area contributed by atoms with Crippen LogP contribution in [-0.4, -0.2) is 28.8 Å².